The Labute approximate surface area is 158 Å². The van der Waals surface area contributed by atoms with E-state index in [1.807, 2.05) is 0 Å². The van der Waals surface area contributed by atoms with Crippen LogP contribution in [0.15, 0.2) is 0 Å². The highest BCUT2D eigenvalue weighted by Gasteiger charge is 2.33. The molecule has 0 amide bonds. The molecule has 2 aliphatic rings. The summed E-state index contributed by atoms with van der Waals surface area (Å²) in [7, 11) is 0. The number of hydrogen-bond acceptors (Lipinski definition) is 2. The molecule has 148 valence electrons. The Morgan fingerprint density at radius 2 is 1.08 bits per heavy atom. The zero-order valence-corrected chi connectivity index (χ0v) is 18.0. The van der Waals surface area contributed by atoms with Gasteiger partial charge in [-0.25, -0.2) is 0 Å². The highest BCUT2D eigenvalue weighted by Crippen LogP contribution is 2.35. The van der Waals surface area contributed by atoms with Gasteiger partial charge < -0.3 is 10.6 Å². The summed E-state index contributed by atoms with van der Waals surface area (Å²) in [5, 5.41) is 7.89. The van der Waals surface area contributed by atoms with E-state index >= 15 is 0 Å². The van der Waals surface area contributed by atoms with Crippen molar-refractivity contribution in [3.8, 4) is 0 Å². The van der Waals surface area contributed by atoms with Gasteiger partial charge >= 0.3 is 0 Å². The second kappa shape index (κ2) is 10.3. The maximum Gasteiger partial charge on any atom is 0.0123 e. The fourth-order valence-electron chi connectivity index (χ4n) is 5.74. The summed E-state index contributed by atoms with van der Waals surface area (Å²) in [6.45, 7) is 16.9. The topological polar surface area (TPSA) is 24.1 Å². The van der Waals surface area contributed by atoms with Crippen LogP contribution in [0.2, 0.25) is 0 Å². The fraction of sp³-hybridized carbons (Fsp3) is 1.00. The van der Waals surface area contributed by atoms with E-state index in [0.717, 1.165) is 47.6 Å². The van der Waals surface area contributed by atoms with Crippen LogP contribution >= 0.6 is 0 Å². The minimum absolute atomic E-state index is 0.741. The van der Waals surface area contributed by atoms with Gasteiger partial charge in [-0.2, -0.15) is 0 Å². The Bertz CT molecular complexity index is 331. The van der Waals surface area contributed by atoms with Gasteiger partial charge in [0.1, 0.15) is 0 Å². The number of hydrogen-bond donors (Lipinski definition) is 2. The van der Waals surface area contributed by atoms with Crippen molar-refractivity contribution in [3.05, 3.63) is 0 Å². The minimum atomic E-state index is 0.741. The van der Waals surface area contributed by atoms with Crippen LogP contribution in [0.1, 0.15) is 86.5 Å². The molecule has 2 heteroatoms. The van der Waals surface area contributed by atoms with Crippen LogP contribution < -0.4 is 10.6 Å². The van der Waals surface area contributed by atoms with E-state index in [1.54, 1.807) is 0 Å². The molecule has 2 N–H and O–H groups in total. The molecule has 0 bridgehead atoms. The lowest BCUT2D eigenvalue weighted by atomic mass is 9.72. The quantitative estimate of drug-likeness (QED) is 0.567. The molecule has 0 aromatic rings. The minimum Gasteiger partial charge on any atom is -0.313 e. The van der Waals surface area contributed by atoms with E-state index in [1.165, 1.54) is 58.0 Å². The van der Waals surface area contributed by atoms with Gasteiger partial charge in [0, 0.05) is 12.1 Å². The molecule has 0 radical (unpaired) electrons. The molecule has 2 fully saturated rings. The van der Waals surface area contributed by atoms with Crippen molar-refractivity contribution in [1.29, 1.82) is 0 Å². The Kier molecular flexibility index (Phi) is 8.75. The predicted octanol–water partition coefficient (Wildman–Crippen LogP) is 5.48. The monoisotopic (exact) mass is 350 g/mol. The van der Waals surface area contributed by atoms with E-state index < -0.39 is 0 Å². The van der Waals surface area contributed by atoms with Gasteiger partial charge in [-0.15, -0.1) is 0 Å². The average Bonchev–Trinajstić information content (AvgIpc) is 2.56. The van der Waals surface area contributed by atoms with Crippen LogP contribution in [0.5, 0.6) is 0 Å². The summed E-state index contributed by atoms with van der Waals surface area (Å²) in [4.78, 5) is 0. The molecule has 0 aliphatic heterocycles. The smallest absolute Gasteiger partial charge is 0.0123 e. The molecule has 0 aromatic carbocycles. The van der Waals surface area contributed by atoms with E-state index in [9.17, 15) is 0 Å². The van der Waals surface area contributed by atoms with E-state index in [4.69, 9.17) is 0 Å². The normalized spacial score (nSPS) is 37.0. The van der Waals surface area contributed by atoms with Crippen molar-refractivity contribution < 1.29 is 0 Å². The Balaban J connectivity index is 1.72. The second-order valence-corrected chi connectivity index (χ2v) is 9.95. The van der Waals surface area contributed by atoms with Crippen LogP contribution in [-0.2, 0) is 0 Å². The maximum absolute atomic E-state index is 3.95. The van der Waals surface area contributed by atoms with Crippen molar-refractivity contribution in [2.24, 2.45) is 35.5 Å². The van der Waals surface area contributed by atoms with Crippen LogP contribution in [0.25, 0.3) is 0 Å². The first-order chi connectivity index (χ1) is 11.9. The van der Waals surface area contributed by atoms with Gasteiger partial charge in [-0.3, -0.25) is 0 Å². The van der Waals surface area contributed by atoms with Gasteiger partial charge in [-0.1, -0.05) is 54.4 Å². The molecule has 2 rings (SSSR count). The summed E-state index contributed by atoms with van der Waals surface area (Å²) in [5.74, 6) is 5.07. The highest BCUT2D eigenvalue weighted by molar-refractivity contribution is 4.88. The third-order valence-electron chi connectivity index (χ3n) is 7.37. The zero-order chi connectivity index (χ0) is 18.4. The van der Waals surface area contributed by atoms with Gasteiger partial charge in [0.25, 0.3) is 0 Å². The maximum atomic E-state index is 3.95. The second-order valence-electron chi connectivity index (χ2n) is 9.95. The third kappa shape index (κ3) is 5.96. The first-order valence-electron chi connectivity index (χ1n) is 11.4. The molecule has 0 heterocycles. The van der Waals surface area contributed by atoms with Crippen molar-refractivity contribution in [2.45, 2.75) is 98.6 Å². The summed E-state index contributed by atoms with van der Waals surface area (Å²) >= 11 is 0. The Morgan fingerprint density at radius 1 is 0.680 bits per heavy atom. The molecule has 25 heavy (non-hydrogen) atoms. The van der Waals surface area contributed by atoms with E-state index in [-0.39, 0.29) is 0 Å². The fourth-order valence-corrected chi connectivity index (χ4v) is 5.74. The van der Waals surface area contributed by atoms with Gasteiger partial charge in [-0.05, 0) is 80.7 Å². The molecular formula is C23H46N2. The van der Waals surface area contributed by atoms with Crippen molar-refractivity contribution in [3.63, 3.8) is 0 Å². The zero-order valence-electron chi connectivity index (χ0n) is 18.0. The molecule has 0 aromatic heterocycles. The molecule has 2 aliphatic carbocycles. The lowest BCUT2D eigenvalue weighted by molar-refractivity contribution is 0.146. The molecule has 2 saturated carbocycles. The van der Waals surface area contributed by atoms with Gasteiger partial charge in [0.2, 0.25) is 0 Å². The summed E-state index contributed by atoms with van der Waals surface area (Å²) in [6, 6.07) is 1.48. The van der Waals surface area contributed by atoms with Crippen molar-refractivity contribution in [2.75, 3.05) is 13.1 Å². The largest absolute Gasteiger partial charge is 0.313 e. The summed E-state index contributed by atoms with van der Waals surface area (Å²) < 4.78 is 0. The number of rotatable bonds is 8. The third-order valence-corrected chi connectivity index (χ3v) is 7.37. The Morgan fingerprint density at radius 3 is 1.44 bits per heavy atom. The first kappa shape index (κ1) is 21.2. The predicted molar refractivity (Wildman–Crippen MR) is 111 cm³/mol. The van der Waals surface area contributed by atoms with Gasteiger partial charge in [0.15, 0.2) is 0 Å². The lowest BCUT2D eigenvalue weighted by Gasteiger charge is -2.40. The molecule has 0 spiro atoms. The summed E-state index contributed by atoms with van der Waals surface area (Å²) in [5.41, 5.74) is 0. The number of nitrogens with one attached hydrogen (secondary N) is 2. The van der Waals surface area contributed by atoms with Crippen LogP contribution in [-0.4, -0.2) is 25.2 Å². The SMILES string of the molecule is CC(C)C1CCCC(C)C1NCCCNC1C(C)CCCC1C(C)C. The molecule has 2 nitrogen and oxygen atoms in total. The highest BCUT2D eigenvalue weighted by atomic mass is 15.0. The Hall–Kier alpha value is -0.0800. The van der Waals surface area contributed by atoms with Gasteiger partial charge in [0.05, 0.1) is 0 Å². The molecule has 6 atom stereocenters. The van der Waals surface area contributed by atoms with Crippen LogP contribution in [0, 0.1) is 35.5 Å². The van der Waals surface area contributed by atoms with Crippen LogP contribution in [0.4, 0.5) is 0 Å². The molecular weight excluding hydrogens is 304 g/mol. The van der Waals surface area contributed by atoms with Crippen molar-refractivity contribution in [1.82, 2.24) is 10.6 Å². The van der Waals surface area contributed by atoms with Crippen LogP contribution in [0.3, 0.4) is 0 Å². The molecule has 6 unspecified atom stereocenters. The van der Waals surface area contributed by atoms with E-state index in [0.29, 0.717) is 0 Å². The van der Waals surface area contributed by atoms with E-state index in [2.05, 4.69) is 52.2 Å². The van der Waals surface area contributed by atoms with Crippen molar-refractivity contribution >= 4 is 0 Å². The lowest BCUT2D eigenvalue weighted by Crippen LogP contribution is -2.48. The molecule has 0 saturated heterocycles. The standard InChI is InChI=1S/C23H46N2/c1-16(2)20-12-7-10-18(5)22(20)24-14-9-15-25-23-19(6)11-8-13-21(23)17(3)4/h16-25H,7-15H2,1-6H3. The first-order valence-corrected chi connectivity index (χ1v) is 11.4. The average molecular weight is 351 g/mol. The summed E-state index contributed by atoms with van der Waals surface area (Å²) in [6.07, 6.45) is 9.80.